The van der Waals surface area contributed by atoms with Gasteiger partial charge in [0.25, 0.3) is 0 Å². The van der Waals surface area contributed by atoms with Crippen LogP contribution in [0.25, 0.3) is 22.1 Å². The SMILES string of the molecule is COc1ccc2ncc(F)c(C(CO)CC34CCC(N)(CC3)CO4)c2n1.COc1ccc2ncc(F)c(C(CO)CC34CCC(NC(=O)OC(C)(C)C)(CC3)CO4)c2n1. The van der Waals surface area contributed by atoms with E-state index in [0.29, 0.717) is 83.9 Å². The summed E-state index contributed by atoms with van der Waals surface area (Å²) in [5, 5.41) is 23.3. The van der Waals surface area contributed by atoms with Crippen LogP contribution >= 0.6 is 0 Å². The van der Waals surface area contributed by atoms with E-state index in [1.807, 2.05) is 20.8 Å². The lowest BCUT2D eigenvalue weighted by atomic mass is 9.67. The van der Waals surface area contributed by atoms with Crippen molar-refractivity contribution in [2.45, 2.75) is 125 Å². The third-order valence-electron chi connectivity index (χ3n) is 12.6. The fourth-order valence-corrected chi connectivity index (χ4v) is 9.27. The fourth-order valence-electron chi connectivity index (χ4n) is 9.27. The second kappa shape index (κ2) is 16.6. The summed E-state index contributed by atoms with van der Waals surface area (Å²) in [6, 6.07) is 6.84. The number of methoxy groups -OCH3 is 2. The van der Waals surface area contributed by atoms with Crippen molar-refractivity contribution >= 4 is 28.2 Å². The van der Waals surface area contributed by atoms with Gasteiger partial charge in [0.15, 0.2) is 0 Å². The number of hydrogen-bond donors (Lipinski definition) is 4. The highest BCUT2D eigenvalue weighted by Gasteiger charge is 2.52. The first-order chi connectivity index (χ1) is 28.0. The van der Waals surface area contributed by atoms with E-state index in [1.54, 1.807) is 24.3 Å². The quantitative estimate of drug-likeness (QED) is 0.135. The maximum atomic E-state index is 15.0. The van der Waals surface area contributed by atoms with Gasteiger partial charge in [-0.15, -0.1) is 0 Å². The molecule has 320 valence electrons. The Labute approximate surface area is 342 Å². The van der Waals surface area contributed by atoms with Crippen LogP contribution in [0.1, 0.15) is 108 Å². The number of aromatic nitrogens is 4. The number of nitrogens with zero attached hydrogens (tertiary/aromatic N) is 4. The Hall–Kier alpha value is -4.35. The van der Waals surface area contributed by atoms with Gasteiger partial charge in [-0.3, -0.25) is 9.97 Å². The molecule has 16 heteroatoms. The summed E-state index contributed by atoms with van der Waals surface area (Å²) in [5.41, 5.74) is 6.84. The third-order valence-corrected chi connectivity index (χ3v) is 12.6. The third kappa shape index (κ3) is 9.07. The Morgan fingerprint density at radius 3 is 1.61 bits per heavy atom. The molecule has 0 aromatic carbocycles. The van der Waals surface area contributed by atoms with Crippen LogP contribution in [0.3, 0.4) is 0 Å². The van der Waals surface area contributed by atoms with Crippen LogP contribution in [0.15, 0.2) is 36.7 Å². The monoisotopic (exact) mass is 822 g/mol. The molecular formula is C43H56F2N6O8. The van der Waals surface area contributed by atoms with Crippen molar-refractivity contribution in [3.8, 4) is 11.8 Å². The Bertz CT molecular complexity index is 2120. The number of fused-ring (bicyclic) bond motifs is 8. The second-order valence-corrected chi connectivity index (χ2v) is 17.9. The number of carbonyl (C=O) groups is 1. The van der Waals surface area contributed by atoms with Crippen LogP contribution in [-0.2, 0) is 14.2 Å². The number of pyridine rings is 4. The lowest BCUT2D eigenvalue weighted by Crippen LogP contribution is -2.63. The van der Waals surface area contributed by atoms with Crippen molar-refractivity contribution in [1.82, 2.24) is 25.3 Å². The molecule has 4 aromatic rings. The Morgan fingerprint density at radius 1 is 0.780 bits per heavy atom. The zero-order chi connectivity index (χ0) is 42.2. The van der Waals surface area contributed by atoms with E-state index < -0.39 is 46.3 Å². The standard InChI is InChI=1S/C24H32FN3O5.C19H24FN3O3/c1-22(2,3)33-21(30)28-23-7-9-24(10-8-23,32-14-23)11-15(13-29)19-16(25)12-26-17-5-6-18(31-4)27-20(17)19;1-25-15-3-2-14-17(23-15)16(13(20)9-22-14)12(10-24)8-19-6-4-18(21,5-7-19)11-26-19/h5-6,12,15,29H,7-11,13-14H2,1-4H3,(H,28,30);2-3,9,12,24H,4-8,10-11,21H2,1H3. The van der Waals surface area contributed by atoms with Crippen molar-refractivity contribution in [3.63, 3.8) is 0 Å². The molecule has 4 bridgehead atoms. The van der Waals surface area contributed by atoms with E-state index in [0.717, 1.165) is 38.5 Å². The van der Waals surface area contributed by atoms with Gasteiger partial charge in [0, 0.05) is 40.6 Å². The van der Waals surface area contributed by atoms with Gasteiger partial charge in [-0.2, -0.15) is 0 Å². The molecule has 0 radical (unpaired) electrons. The molecule has 2 unspecified atom stereocenters. The zero-order valence-corrected chi connectivity index (χ0v) is 34.5. The first-order valence-electron chi connectivity index (χ1n) is 20.3. The molecule has 1 amide bonds. The number of ether oxygens (including phenoxy) is 5. The highest BCUT2D eigenvalue weighted by atomic mass is 19.1. The van der Waals surface area contributed by atoms with Gasteiger partial charge in [-0.05, 0) is 97.1 Å². The molecule has 8 heterocycles. The van der Waals surface area contributed by atoms with Crippen LogP contribution in [0, 0.1) is 11.6 Å². The van der Waals surface area contributed by atoms with E-state index >= 15 is 0 Å². The van der Waals surface area contributed by atoms with Gasteiger partial charge >= 0.3 is 6.09 Å². The number of aliphatic hydroxyl groups is 2. The summed E-state index contributed by atoms with van der Waals surface area (Å²) in [5.74, 6) is -1.17. The van der Waals surface area contributed by atoms with Crippen molar-refractivity contribution in [3.05, 3.63) is 59.4 Å². The van der Waals surface area contributed by atoms with Gasteiger partial charge in [0.1, 0.15) is 17.2 Å². The van der Waals surface area contributed by atoms with E-state index in [9.17, 15) is 23.8 Å². The molecule has 0 spiro atoms. The molecule has 2 atom stereocenters. The minimum absolute atomic E-state index is 0.187. The number of rotatable bonds is 11. The van der Waals surface area contributed by atoms with Gasteiger partial charge in [0.2, 0.25) is 11.8 Å². The van der Waals surface area contributed by atoms with Crippen LogP contribution in [0.4, 0.5) is 13.6 Å². The topological polar surface area (TPSA) is 193 Å². The molecule has 5 N–H and O–H groups in total. The van der Waals surface area contributed by atoms with E-state index in [4.69, 9.17) is 29.4 Å². The maximum absolute atomic E-state index is 15.0. The number of carbonyl (C=O) groups excluding carboxylic acids is 1. The summed E-state index contributed by atoms with van der Waals surface area (Å²) in [6.45, 7) is 5.93. The number of amides is 1. The van der Waals surface area contributed by atoms with Gasteiger partial charge in [0.05, 0.1) is 91.8 Å². The van der Waals surface area contributed by atoms with E-state index in [1.165, 1.54) is 26.6 Å². The van der Waals surface area contributed by atoms with Crippen LogP contribution in [0.5, 0.6) is 11.8 Å². The van der Waals surface area contributed by atoms with Gasteiger partial charge in [-0.25, -0.2) is 23.5 Å². The summed E-state index contributed by atoms with van der Waals surface area (Å²) in [6.07, 6.45) is 9.22. The van der Waals surface area contributed by atoms with Crippen molar-refractivity contribution in [2.24, 2.45) is 5.73 Å². The molecule has 2 saturated carbocycles. The molecule has 4 aliphatic heterocycles. The summed E-state index contributed by atoms with van der Waals surface area (Å²) in [7, 11) is 3.01. The lowest BCUT2D eigenvalue weighted by Gasteiger charge is -2.54. The molecule has 6 aliphatic rings. The molecule has 10 rings (SSSR count). The minimum Gasteiger partial charge on any atom is -0.481 e. The lowest BCUT2D eigenvalue weighted by molar-refractivity contribution is -0.167. The summed E-state index contributed by atoms with van der Waals surface area (Å²) >= 11 is 0. The van der Waals surface area contributed by atoms with Crippen molar-refractivity contribution in [1.29, 1.82) is 0 Å². The van der Waals surface area contributed by atoms with Crippen molar-refractivity contribution in [2.75, 3.05) is 40.6 Å². The first kappa shape index (κ1) is 42.8. The number of aliphatic hydroxyl groups excluding tert-OH is 2. The average molecular weight is 823 g/mol. The van der Waals surface area contributed by atoms with Crippen LogP contribution in [0.2, 0.25) is 0 Å². The van der Waals surface area contributed by atoms with Gasteiger partial charge < -0.3 is 44.9 Å². The predicted octanol–water partition coefficient (Wildman–Crippen LogP) is 6.13. The molecular weight excluding hydrogens is 767 g/mol. The number of nitrogens with two attached hydrogens (primary N) is 1. The number of halogens is 2. The molecule has 2 aliphatic carbocycles. The van der Waals surface area contributed by atoms with Crippen LogP contribution in [-0.4, -0.2) is 105 Å². The predicted molar refractivity (Wildman–Crippen MR) is 214 cm³/mol. The number of nitrogens with one attached hydrogen (secondary N) is 1. The highest BCUT2D eigenvalue weighted by molar-refractivity contribution is 5.80. The largest absolute Gasteiger partial charge is 0.481 e. The smallest absolute Gasteiger partial charge is 0.408 e. The average Bonchev–Trinajstić information content (AvgIpc) is 3.22. The molecule has 14 nitrogen and oxygen atoms in total. The van der Waals surface area contributed by atoms with E-state index in [2.05, 4.69) is 25.3 Å². The Morgan fingerprint density at radius 2 is 1.24 bits per heavy atom. The van der Waals surface area contributed by atoms with Crippen LogP contribution < -0.4 is 20.5 Å². The second-order valence-electron chi connectivity index (χ2n) is 17.9. The first-order valence-corrected chi connectivity index (χ1v) is 20.3. The van der Waals surface area contributed by atoms with E-state index in [-0.39, 0.29) is 24.4 Å². The summed E-state index contributed by atoms with van der Waals surface area (Å²) in [4.78, 5) is 29.4. The normalized spacial score (nSPS) is 27.2. The summed E-state index contributed by atoms with van der Waals surface area (Å²) < 4.78 is 57.9. The maximum Gasteiger partial charge on any atom is 0.408 e. The fraction of sp³-hybridized carbons (Fsp3) is 0.605. The zero-order valence-electron chi connectivity index (χ0n) is 34.5. The molecule has 4 aromatic heterocycles. The molecule has 59 heavy (non-hydrogen) atoms. The highest BCUT2D eigenvalue weighted by Crippen LogP contribution is 2.50. The Kier molecular flexibility index (Phi) is 12.0. The van der Waals surface area contributed by atoms with Gasteiger partial charge in [-0.1, -0.05) is 0 Å². The minimum atomic E-state index is -0.572. The Balaban J connectivity index is 0.000000184. The molecule has 6 fully saturated rings. The number of alkyl carbamates (subject to hydrolysis) is 1. The van der Waals surface area contributed by atoms with Crippen molar-refractivity contribution < 1.29 is 47.5 Å². The molecule has 4 saturated heterocycles. The number of hydrogen-bond acceptors (Lipinski definition) is 13.